The molecule has 4 atom stereocenters. The quantitative estimate of drug-likeness (QED) is 0.152. The van der Waals surface area contributed by atoms with Crippen molar-refractivity contribution in [2.24, 2.45) is 5.73 Å². The number of carbonyl (C=O) groups is 4. The Morgan fingerprint density at radius 3 is 2.00 bits per heavy atom. The second-order valence-corrected chi connectivity index (χ2v) is 8.55. The number of aliphatic carboxylic acids is 1. The van der Waals surface area contributed by atoms with Gasteiger partial charge in [0.25, 0.3) is 0 Å². The van der Waals surface area contributed by atoms with E-state index >= 15 is 0 Å². The lowest BCUT2D eigenvalue weighted by Crippen LogP contribution is -2.57. The topological polar surface area (TPSA) is 208 Å². The third-order valence-electron chi connectivity index (χ3n) is 5.59. The van der Waals surface area contributed by atoms with E-state index in [1.807, 2.05) is 0 Å². The van der Waals surface area contributed by atoms with E-state index in [1.165, 1.54) is 25.8 Å². The van der Waals surface area contributed by atoms with E-state index in [0.717, 1.165) is 5.56 Å². The van der Waals surface area contributed by atoms with Crippen LogP contribution in [-0.2, 0) is 38.4 Å². The average molecular weight is 511 g/mol. The monoisotopic (exact) mass is 510 g/mol. The number of aromatic nitrogens is 4. The van der Waals surface area contributed by atoms with Gasteiger partial charge in [-0.2, -0.15) is 0 Å². The highest BCUT2D eigenvalue weighted by Gasteiger charge is 2.29. The van der Waals surface area contributed by atoms with Gasteiger partial charge in [0.15, 0.2) is 0 Å². The Morgan fingerprint density at radius 1 is 0.838 bits per heavy atom. The highest BCUT2D eigenvalue weighted by Crippen LogP contribution is 2.05. The van der Waals surface area contributed by atoms with Gasteiger partial charge in [-0.05, 0) is 12.5 Å². The minimum Gasteiger partial charge on any atom is -0.480 e. The first kappa shape index (κ1) is 27.1. The van der Waals surface area contributed by atoms with Crippen molar-refractivity contribution in [3.8, 4) is 0 Å². The van der Waals surface area contributed by atoms with Crippen molar-refractivity contribution in [2.75, 3.05) is 0 Å². The van der Waals surface area contributed by atoms with Crippen molar-refractivity contribution in [3.63, 3.8) is 0 Å². The Labute approximate surface area is 212 Å². The first-order valence-electron chi connectivity index (χ1n) is 11.6. The Kier molecular flexibility index (Phi) is 9.49. The summed E-state index contributed by atoms with van der Waals surface area (Å²) in [5.41, 5.74) is 7.97. The lowest BCUT2D eigenvalue weighted by atomic mass is 10.1. The molecule has 2 heterocycles. The number of carboxylic acid groups (broad SMARTS) is 1. The number of amides is 3. The number of hydrogen-bond donors (Lipinski definition) is 7. The highest BCUT2D eigenvalue weighted by molar-refractivity contribution is 5.94. The molecule has 8 N–H and O–H groups in total. The molecule has 0 saturated carbocycles. The summed E-state index contributed by atoms with van der Waals surface area (Å²) in [6.45, 7) is 1.42. The molecular formula is C24H30N8O5. The first-order valence-corrected chi connectivity index (χ1v) is 11.6. The molecule has 3 rings (SSSR count). The molecule has 3 amide bonds. The lowest BCUT2D eigenvalue weighted by molar-refractivity contribution is -0.142. The number of carbonyl (C=O) groups excluding carboxylic acids is 3. The third kappa shape index (κ3) is 8.28. The molecule has 3 aromatic rings. The zero-order valence-electron chi connectivity index (χ0n) is 20.2. The number of carboxylic acids is 1. The summed E-state index contributed by atoms with van der Waals surface area (Å²) in [6.07, 6.45) is 6.28. The molecule has 0 fully saturated rings. The number of aromatic amines is 2. The number of imidazole rings is 2. The van der Waals surface area contributed by atoms with Crippen molar-refractivity contribution < 1.29 is 24.3 Å². The fraction of sp³-hybridized carbons (Fsp3) is 0.333. The Bertz CT molecular complexity index is 1170. The number of benzene rings is 1. The minimum absolute atomic E-state index is 0.0639. The lowest BCUT2D eigenvalue weighted by Gasteiger charge is -2.23. The molecule has 0 aliphatic heterocycles. The SMILES string of the molecule is CC(NC(=O)C(Cc1cnc[nH]1)NC(=O)C(N)Cc1cnc[nH]1)C(=O)NC(Cc1ccccc1)C(=O)O. The van der Waals surface area contributed by atoms with Gasteiger partial charge in [0.05, 0.1) is 18.7 Å². The summed E-state index contributed by atoms with van der Waals surface area (Å²) >= 11 is 0. The predicted octanol–water partition coefficient (Wildman–Crippen LogP) is -0.953. The molecule has 2 aromatic heterocycles. The number of nitrogens with zero attached hydrogens (tertiary/aromatic N) is 2. The molecule has 4 unspecified atom stereocenters. The molecule has 0 bridgehead atoms. The zero-order chi connectivity index (χ0) is 26.8. The highest BCUT2D eigenvalue weighted by atomic mass is 16.4. The van der Waals surface area contributed by atoms with Gasteiger partial charge in [-0.25, -0.2) is 14.8 Å². The molecule has 37 heavy (non-hydrogen) atoms. The van der Waals surface area contributed by atoms with Crippen LogP contribution in [0, 0.1) is 0 Å². The van der Waals surface area contributed by atoms with Crippen molar-refractivity contribution in [1.82, 2.24) is 35.9 Å². The Balaban J connectivity index is 1.62. The van der Waals surface area contributed by atoms with Crippen LogP contribution < -0.4 is 21.7 Å². The fourth-order valence-corrected chi connectivity index (χ4v) is 3.56. The number of H-pyrrole nitrogens is 2. The van der Waals surface area contributed by atoms with Crippen LogP contribution in [0.4, 0.5) is 0 Å². The number of nitrogens with two attached hydrogens (primary N) is 1. The number of rotatable bonds is 13. The van der Waals surface area contributed by atoms with Crippen LogP contribution >= 0.6 is 0 Å². The van der Waals surface area contributed by atoms with Gasteiger partial charge in [0.1, 0.15) is 18.1 Å². The molecule has 196 valence electrons. The van der Waals surface area contributed by atoms with Crippen molar-refractivity contribution >= 4 is 23.7 Å². The molecule has 13 heteroatoms. The second kappa shape index (κ2) is 13.0. The molecule has 0 saturated heterocycles. The number of hydrogen-bond acceptors (Lipinski definition) is 7. The number of nitrogens with one attached hydrogen (secondary N) is 5. The van der Waals surface area contributed by atoms with Gasteiger partial charge in [-0.15, -0.1) is 0 Å². The van der Waals surface area contributed by atoms with Crippen molar-refractivity contribution in [3.05, 3.63) is 72.3 Å². The Hall–Kier alpha value is -4.52. The van der Waals surface area contributed by atoms with E-state index in [4.69, 9.17) is 5.73 Å². The van der Waals surface area contributed by atoms with E-state index in [1.54, 1.807) is 36.5 Å². The van der Waals surface area contributed by atoms with E-state index < -0.39 is 47.9 Å². The van der Waals surface area contributed by atoms with Gasteiger partial charge in [0.2, 0.25) is 17.7 Å². The summed E-state index contributed by atoms with van der Waals surface area (Å²) in [5.74, 6) is -3.10. The standard InChI is InChI=1S/C24H30N8O5/c1-14(21(33)32-20(24(36)37)7-15-5-3-2-4-6-15)30-23(35)19(9-17-11-27-13-29-17)31-22(34)18(25)8-16-10-26-12-28-16/h2-6,10-14,18-20H,7-9,25H2,1H3,(H,26,28)(H,27,29)(H,30,35)(H,31,34)(H,32,33)(H,36,37). The van der Waals surface area contributed by atoms with Crippen LogP contribution in [0.3, 0.4) is 0 Å². The maximum Gasteiger partial charge on any atom is 0.326 e. The van der Waals surface area contributed by atoms with E-state index in [-0.39, 0.29) is 19.3 Å². The molecule has 0 aliphatic carbocycles. The first-order chi connectivity index (χ1) is 17.7. The largest absolute Gasteiger partial charge is 0.480 e. The fourth-order valence-electron chi connectivity index (χ4n) is 3.56. The van der Waals surface area contributed by atoms with Gasteiger partial charge in [-0.1, -0.05) is 30.3 Å². The smallest absolute Gasteiger partial charge is 0.326 e. The maximum absolute atomic E-state index is 13.1. The summed E-state index contributed by atoms with van der Waals surface area (Å²) in [4.78, 5) is 63.7. The zero-order valence-corrected chi connectivity index (χ0v) is 20.2. The van der Waals surface area contributed by atoms with Crippen molar-refractivity contribution in [1.29, 1.82) is 0 Å². The van der Waals surface area contributed by atoms with E-state index in [9.17, 15) is 24.3 Å². The van der Waals surface area contributed by atoms with Crippen molar-refractivity contribution in [2.45, 2.75) is 50.4 Å². The summed E-state index contributed by atoms with van der Waals surface area (Å²) in [6, 6.07) is 4.57. The predicted molar refractivity (Wildman–Crippen MR) is 132 cm³/mol. The average Bonchev–Trinajstić information content (AvgIpc) is 3.58. The van der Waals surface area contributed by atoms with Crippen LogP contribution in [-0.4, -0.2) is 72.9 Å². The van der Waals surface area contributed by atoms with E-state index in [2.05, 4.69) is 35.9 Å². The van der Waals surface area contributed by atoms with Gasteiger partial charge in [-0.3, -0.25) is 14.4 Å². The van der Waals surface area contributed by atoms with Gasteiger partial charge in [0, 0.05) is 43.0 Å². The van der Waals surface area contributed by atoms with E-state index in [0.29, 0.717) is 11.4 Å². The van der Waals surface area contributed by atoms with Crippen LogP contribution in [0.2, 0.25) is 0 Å². The molecular weight excluding hydrogens is 480 g/mol. The summed E-state index contributed by atoms with van der Waals surface area (Å²) in [7, 11) is 0. The molecule has 13 nitrogen and oxygen atoms in total. The van der Waals surface area contributed by atoms with Crippen LogP contribution in [0.25, 0.3) is 0 Å². The van der Waals surface area contributed by atoms with Crippen LogP contribution in [0.15, 0.2) is 55.4 Å². The normalized spacial score (nSPS) is 14.1. The second-order valence-electron chi connectivity index (χ2n) is 8.55. The van der Waals surface area contributed by atoms with Gasteiger partial charge >= 0.3 is 5.97 Å². The third-order valence-corrected chi connectivity index (χ3v) is 5.59. The van der Waals surface area contributed by atoms with Crippen LogP contribution in [0.5, 0.6) is 0 Å². The summed E-state index contributed by atoms with van der Waals surface area (Å²) < 4.78 is 0. The van der Waals surface area contributed by atoms with Crippen LogP contribution in [0.1, 0.15) is 23.9 Å². The van der Waals surface area contributed by atoms with Gasteiger partial charge < -0.3 is 36.8 Å². The molecule has 0 radical (unpaired) electrons. The molecule has 0 aliphatic rings. The molecule has 1 aromatic carbocycles. The minimum atomic E-state index is -1.20. The Morgan fingerprint density at radius 2 is 1.43 bits per heavy atom. The maximum atomic E-state index is 13.1. The molecule has 0 spiro atoms. The summed E-state index contributed by atoms with van der Waals surface area (Å²) in [5, 5.41) is 17.2.